The lowest BCUT2D eigenvalue weighted by Gasteiger charge is -2.10. The lowest BCUT2D eigenvalue weighted by atomic mass is 10.2. The number of nitrogens with one attached hydrogen (secondary N) is 1. The highest BCUT2D eigenvalue weighted by Gasteiger charge is 2.22. The molecular formula is C19H18FN7O4S. The van der Waals surface area contributed by atoms with Gasteiger partial charge in [-0.15, -0.1) is 0 Å². The van der Waals surface area contributed by atoms with Crippen LogP contribution in [0.1, 0.15) is 5.56 Å². The van der Waals surface area contributed by atoms with Gasteiger partial charge in [0.05, 0.1) is 19.7 Å². The second-order valence-corrected chi connectivity index (χ2v) is 8.06. The molecule has 2 heterocycles. The summed E-state index contributed by atoms with van der Waals surface area (Å²) in [5.74, 6) is -0.161. The summed E-state index contributed by atoms with van der Waals surface area (Å²) in [5, 5.41) is 8.31. The van der Waals surface area contributed by atoms with Crippen molar-refractivity contribution in [3.05, 3.63) is 53.8 Å². The van der Waals surface area contributed by atoms with Crippen LogP contribution in [0.3, 0.4) is 0 Å². The van der Waals surface area contributed by atoms with E-state index in [1.807, 2.05) is 0 Å². The Labute approximate surface area is 182 Å². The summed E-state index contributed by atoms with van der Waals surface area (Å²) in [7, 11) is -1.28. The van der Waals surface area contributed by atoms with Crippen molar-refractivity contribution in [3.63, 3.8) is 0 Å². The van der Waals surface area contributed by atoms with Crippen LogP contribution in [0.4, 0.5) is 10.3 Å². The van der Waals surface area contributed by atoms with E-state index in [0.29, 0.717) is 11.1 Å². The molecule has 3 N–H and O–H groups in total. The number of nitrogens with two attached hydrogens (primary N) is 1. The summed E-state index contributed by atoms with van der Waals surface area (Å²) >= 11 is 0. The number of imidazole rings is 1. The number of benzene rings is 2. The molecule has 2 aromatic heterocycles. The van der Waals surface area contributed by atoms with Crippen molar-refractivity contribution in [2.45, 2.75) is 11.4 Å². The van der Waals surface area contributed by atoms with Gasteiger partial charge in [-0.25, -0.2) is 22.5 Å². The van der Waals surface area contributed by atoms with Crippen LogP contribution in [-0.4, -0.2) is 47.1 Å². The summed E-state index contributed by atoms with van der Waals surface area (Å²) in [4.78, 5) is 16.8. The van der Waals surface area contributed by atoms with Crippen LogP contribution >= 0.6 is 0 Å². The maximum Gasteiger partial charge on any atom is 0.322 e. The Morgan fingerprint density at radius 3 is 2.53 bits per heavy atom. The first-order valence-electron chi connectivity index (χ1n) is 9.17. The van der Waals surface area contributed by atoms with Gasteiger partial charge in [0.2, 0.25) is 21.9 Å². The van der Waals surface area contributed by atoms with Gasteiger partial charge in [-0.1, -0.05) is 18.2 Å². The van der Waals surface area contributed by atoms with E-state index in [2.05, 4.69) is 25.3 Å². The minimum atomic E-state index is -4.04. The molecule has 0 radical (unpaired) electrons. The fourth-order valence-electron chi connectivity index (χ4n) is 3.06. The molecule has 0 amide bonds. The molecule has 0 saturated heterocycles. The molecule has 0 spiro atoms. The zero-order valence-corrected chi connectivity index (χ0v) is 17.8. The minimum Gasteiger partial charge on any atom is -0.468 e. The van der Waals surface area contributed by atoms with Crippen molar-refractivity contribution in [2.75, 3.05) is 19.5 Å². The Hall–Kier alpha value is -3.84. The third kappa shape index (κ3) is 4.15. The lowest BCUT2D eigenvalue weighted by Crippen LogP contribution is -2.13. The minimum absolute atomic E-state index is 0.0109. The summed E-state index contributed by atoms with van der Waals surface area (Å²) in [6.07, 6.45) is 0. The number of sulfonamides is 1. The maximum absolute atomic E-state index is 13.4. The van der Waals surface area contributed by atoms with Gasteiger partial charge in [0.1, 0.15) is 16.2 Å². The summed E-state index contributed by atoms with van der Waals surface area (Å²) in [6, 6.07) is 10.6. The van der Waals surface area contributed by atoms with Gasteiger partial charge in [-0.05, 0) is 29.8 Å². The molecule has 0 aliphatic carbocycles. The standard InChI is InChI=1S/C19H18FN7O4S/c1-30-18-25-16(22-10-11-5-3-6-12(20)9-11)24-17(26-18)27-13-7-4-8-14(32(21,28)29)15(13)23-19(27)31-2/h3-9H,10H2,1-2H3,(H2,21,28,29)(H,22,24,25,26). The van der Waals surface area contributed by atoms with Crippen LogP contribution in [0.25, 0.3) is 17.0 Å². The largest absolute Gasteiger partial charge is 0.468 e. The summed E-state index contributed by atoms with van der Waals surface area (Å²) in [6.45, 7) is 0.238. The average molecular weight is 459 g/mol. The molecule has 0 atom stereocenters. The Kier molecular flexibility index (Phi) is 5.59. The number of fused-ring (bicyclic) bond motifs is 1. The van der Waals surface area contributed by atoms with E-state index in [1.165, 1.54) is 43.1 Å². The molecule has 2 aromatic carbocycles. The van der Waals surface area contributed by atoms with Crippen LogP contribution in [0, 0.1) is 5.82 Å². The predicted molar refractivity (Wildman–Crippen MR) is 113 cm³/mol. The first kappa shape index (κ1) is 21.4. The highest BCUT2D eigenvalue weighted by Crippen LogP contribution is 2.29. The Morgan fingerprint density at radius 1 is 1.06 bits per heavy atom. The number of primary sulfonamides is 1. The van der Waals surface area contributed by atoms with Gasteiger partial charge in [-0.2, -0.15) is 19.9 Å². The number of para-hydroxylation sites is 1. The number of anilines is 1. The van der Waals surface area contributed by atoms with Gasteiger partial charge in [0.25, 0.3) is 0 Å². The lowest BCUT2D eigenvalue weighted by molar-refractivity contribution is 0.366. The molecule has 11 nitrogen and oxygen atoms in total. The number of methoxy groups -OCH3 is 2. The van der Waals surface area contributed by atoms with Gasteiger partial charge in [0.15, 0.2) is 0 Å². The second kappa shape index (κ2) is 8.36. The average Bonchev–Trinajstić information content (AvgIpc) is 3.15. The normalized spacial score (nSPS) is 11.5. The van der Waals surface area contributed by atoms with Gasteiger partial charge in [-0.3, -0.25) is 0 Å². The van der Waals surface area contributed by atoms with Crippen LogP contribution < -0.4 is 19.9 Å². The smallest absolute Gasteiger partial charge is 0.322 e. The second-order valence-electron chi connectivity index (χ2n) is 6.53. The fourth-order valence-corrected chi connectivity index (χ4v) is 3.74. The van der Waals surface area contributed by atoms with Crippen LogP contribution in [-0.2, 0) is 16.6 Å². The van der Waals surface area contributed by atoms with E-state index in [1.54, 1.807) is 18.2 Å². The van der Waals surface area contributed by atoms with E-state index >= 15 is 0 Å². The van der Waals surface area contributed by atoms with Gasteiger partial charge in [0, 0.05) is 6.54 Å². The zero-order valence-electron chi connectivity index (χ0n) is 17.0. The molecule has 13 heteroatoms. The van der Waals surface area contributed by atoms with E-state index < -0.39 is 10.0 Å². The maximum atomic E-state index is 13.4. The molecular weight excluding hydrogens is 441 g/mol. The third-order valence-corrected chi connectivity index (χ3v) is 5.37. The van der Waals surface area contributed by atoms with Crippen molar-refractivity contribution in [1.82, 2.24) is 24.5 Å². The van der Waals surface area contributed by atoms with E-state index in [-0.39, 0.29) is 46.7 Å². The molecule has 0 aliphatic heterocycles. The third-order valence-electron chi connectivity index (χ3n) is 4.43. The molecule has 4 aromatic rings. The highest BCUT2D eigenvalue weighted by atomic mass is 32.2. The molecule has 32 heavy (non-hydrogen) atoms. The van der Waals surface area contributed by atoms with Crippen molar-refractivity contribution in [2.24, 2.45) is 5.14 Å². The number of halogens is 1. The Morgan fingerprint density at radius 2 is 1.84 bits per heavy atom. The van der Waals surface area contributed by atoms with Gasteiger partial charge >= 0.3 is 12.0 Å². The monoisotopic (exact) mass is 459 g/mol. The van der Waals surface area contributed by atoms with Crippen molar-refractivity contribution in [1.29, 1.82) is 0 Å². The first-order chi connectivity index (χ1) is 15.3. The molecule has 0 unspecified atom stereocenters. The topological polar surface area (TPSA) is 147 Å². The quantitative estimate of drug-likeness (QED) is 0.421. The highest BCUT2D eigenvalue weighted by molar-refractivity contribution is 7.89. The van der Waals surface area contributed by atoms with Crippen molar-refractivity contribution >= 4 is 27.0 Å². The number of hydrogen-bond donors (Lipinski definition) is 2. The van der Waals surface area contributed by atoms with E-state index in [9.17, 15) is 12.8 Å². The molecule has 4 rings (SSSR count). The van der Waals surface area contributed by atoms with Crippen LogP contribution in [0.2, 0.25) is 0 Å². The number of nitrogens with zero attached hydrogens (tertiary/aromatic N) is 5. The van der Waals surface area contributed by atoms with Crippen LogP contribution in [0.5, 0.6) is 12.0 Å². The number of aromatic nitrogens is 5. The molecule has 0 bridgehead atoms. The summed E-state index contributed by atoms with van der Waals surface area (Å²) < 4.78 is 49.3. The summed E-state index contributed by atoms with van der Waals surface area (Å²) in [5.41, 5.74) is 1.12. The van der Waals surface area contributed by atoms with E-state index in [0.717, 1.165) is 0 Å². The Balaban J connectivity index is 1.82. The number of ether oxygens (including phenoxy) is 2. The van der Waals surface area contributed by atoms with Crippen molar-refractivity contribution < 1.29 is 22.3 Å². The van der Waals surface area contributed by atoms with Gasteiger partial charge < -0.3 is 14.8 Å². The first-order valence-corrected chi connectivity index (χ1v) is 10.7. The zero-order chi connectivity index (χ0) is 22.9. The predicted octanol–water partition coefficient (Wildman–Crippen LogP) is 1.63. The number of rotatable bonds is 7. The van der Waals surface area contributed by atoms with Crippen LogP contribution in [0.15, 0.2) is 47.4 Å². The Bertz CT molecular complexity index is 1410. The number of hydrogen-bond acceptors (Lipinski definition) is 9. The molecule has 0 saturated carbocycles. The van der Waals surface area contributed by atoms with E-state index in [4.69, 9.17) is 14.6 Å². The van der Waals surface area contributed by atoms with Crippen molar-refractivity contribution in [3.8, 4) is 18.0 Å². The molecule has 0 fully saturated rings. The molecule has 0 aliphatic rings. The molecule has 166 valence electrons. The fraction of sp³-hybridized carbons (Fsp3) is 0.158. The SMILES string of the molecule is COc1nc(NCc2cccc(F)c2)nc(-n2c(OC)nc3c(S(N)(=O)=O)cccc32)n1.